The number of benzene rings is 2. The van der Waals surface area contributed by atoms with Crippen LogP contribution in [-0.2, 0) is 6.54 Å². The van der Waals surface area contributed by atoms with Crippen molar-refractivity contribution in [1.82, 2.24) is 9.80 Å². The maximum absolute atomic E-state index is 13.0. The zero-order valence-corrected chi connectivity index (χ0v) is 17.3. The van der Waals surface area contributed by atoms with Gasteiger partial charge in [-0.25, -0.2) is 4.99 Å². The number of para-hydroxylation sites is 1. The molecule has 0 radical (unpaired) electrons. The van der Waals surface area contributed by atoms with E-state index in [0.29, 0.717) is 43.0 Å². The summed E-state index contributed by atoms with van der Waals surface area (Å²) in [6, 6.07) is 13.5. The Labute approximate surface area is 180 Å². The first-order chi connectivity index (χ1) is 15.1. The predicted octanol–water partition coefficient (Wildman–Crippen LogP) is 2.95. The number of amides is 1. The maximum Gasteiger partial charge on any atom is 0.253 e. The van der Waals surface area contributed by atoms with Gasteiger partial charge in [0.05, 0.1) is 11.3 Å². The predicted molar refractivity (Wildman–Crippen MR) is 115 cm³/mol. The topological polar surface area (TPSA) is 74.6 Å². The van der Waals surface area contributed by atoms with Gasteiger partial charge < -0.3 is 24.4 Å². The minimum Gasteiger partial charge on any atom is -0.454 e. The van der Waals surface area contributed by atoms with Gasteiger partial charge in [0.2, 0.25) is 6.79 Å². The quantitative estimate of drug-likeness (QED) is 0.810. The SMILES string of the molecule is O=C(c1ccc2c(c1)OCO2)N1CCC(O)([C@@H]2CCN3Cc4ccccc4N=C23)CC1. The normalized spacial score (nSPS) is 23.3. The van der Waals surface area contributed by atoms with Crippen molar-refractivity contribution in [2.75, 3.05) is 26.4 Å². The van der Waals surface area contributed by atoms with Gasteiger partial charge in [0.1, 0.15) is 5.84 Å². The number of rotatable bonds is 2. The highest BCUT2D eigenvalue weighted by Crippen LogP contribution is 2.41. The highest BCUT2D eigenvalue weighted by Gasteiger charge is 2.48. The molecule has 31 heavy (non-hydrogen) atoms. The third-order valence-electron chi connectivity index (χ3n) is 7.10. The highest BCUT2D eigenvalue weighted by molar-refractivity contribution is 5.95. The second-order valence-corrected chi connectivity index (χ2v) is 8.83. The van der Waals surface area contributed by atoms with Crippen molar-refractivity contribution in [2.45, 2.75) is 31.4 Å². The van der Waals surface area contributed by atoms with Crippen LogP contribution < -0.4 is 9.47 Å². The highest BCUT2D eigenvalue weighted by atomic mass is 16.7. The molecule has 2 fully saturated rings. The lowest BCUT2D eigenvalue weighted by atomic mass is 9.78. The molecule has 2 saturated heterocycles. The summed E-state index contributed by atoms with van der Waals surface area (Å²) in [5.74, 6) is 2.28. The molecule has 1 N–H and O–H groups in total. The fourth-order valence-electron chi connectivity index (χ4n) is 5.31. The maximum atomic E-state index is 13.0. The number of amidine groups is 1. The summed E-state index contributed by atoms with van der Waals surface area (Å²) in [6.45, 7) is 3.03. The first-order valence-electron chi connectivity index (χ1n) is 10.9. The Kier molecular flexibility index (Phi) is 4.21. The molecule has 7 nitrogen and oxygen atoms in total. The molecule has 6 rings (SSSR count). The van der Waals surface area contributed by atoms with Crippen LogP contribution in [0.5, 0.6) is 11.5 Å². The fourth-order valence-corrected chi connectivity index (χ4v) is 5.31. The molecule has 2 aromatic rings. The Hall–Kier alpha value is -3.06. The molecular weight excluding hydrogens is 394 g/mol. The summed E-state index contributed by atoms with van der Waals surface area (Å²) < 4.78 is 10.7. The van der Waals surface area contributed by atoms with Gasteiger partial charge in [-0.2, -0.15) is 0 Å². The van der Waals surface area contributed by atoms with E-state index in [1.54, 1.807) is 18.2 Å². The molecule has 0 bridgehead atoms. The van der Waals surface area contributed by atoms with Crippen LogP contribution in [0.15, 0.2) is 47.5 Å². The zero-order valence-electron chi connectivity index (χ0n) is 17.3. The first-order valence-corrected chi connectivity index (χ1v) is 10.9. The Morgan fingerprint density at radius 3 is 2.74 bits per heavy atom. The van der Waals surface area contributed by atoms with Crippen molar-refractivity contribution in [3.63, 3.8) is 0 Å². The van der Waals surface area contributed by atoms with Gasteiger partial charge in [-0.1, -0.05) is 18.2 Å². The third-order valence-corrected chi connectivity index (χ3v) is 7.10. The van der Waals surface area contributed by atoms with Crippen molar-refractivity contribution in [1.29, 1.82) is 0 Å². The second-order valence-electron chi connectivity index (χ2n) is 8.83. The third kappa shape index (κ3) is 3.07. The number of nitrogens with zero attached hydrogens (tertiary/aromatic N) is 3. The summed E-state index contributed by atoms with van der Waals surface area (Å²) in [7, 11) is 0. The molecule has 0 spiro atoms. The minimum atomic E-state index is -0.828. The molecule has 0 aromatic heterocycles. The van der Waals surface area contributed by atoms with E-state index in [4.69, 9.17) is 14.5 Å². The van der Waals surface area contributed by atoms with E-state index >= 15 is 0 Å². The van der Waals surface area contributed by atoms with Crippen molar-refractivity contribution < 1.29 is 19.4 Å². The van der Waals surface area contributed by atoms with Crippen molar-refractivity contribution in [2.24, 2.45) is 10.9 Å². The van der Waals surface area contributed by atoms with Crippen LogP contribution in [-0.4, -0.2) is 58.7 Å². The number of carbonyl (C=O) groups excluding carboxylic acids is 1. The van der Waals surface area contributed by atoms with Crippen LogP contribution in [0.25, 0.3) is 0 Å². The minimum absolute atomic E-state index is 0.0173. The lowest BCUT2D eigenvalue weighted by Gasteiger charge is -2.42. The number of likely N-dealkylation sites (tertiary alicyclic amines) is 1. The first kappa shape index (κ1) is 18.7. The molecular formula is C24H25N3O4. The molecule has 1 amide bonds. The number of piperidine rings is 1. The molecule has 0 saturated carbocycles. The number of fused-ring (bicyclic) bond motifs is 3. The van der Waals surface area contributed by atoms with Gasteiger partial charge in [0.15, 0.2) is 11.5 Å². The van der Waals surface area contributed by atoms with Gasteiger partial charge in [0.25, 0.3) is 5.91 Å². The van der Waals surface area contributed by atoms with Crippen LogP contribution in [0.1, 0.15) is 35.2 Å². The molecule has 4 heterocycles. The summed E-state index contributed by atoms with van der Waals surface area (Å²) in [6.07, 6.45) is 2.02. The summed E-state index contributed by atoms with van der Waals surface area (Å²) in [5.41, 5.74) is 2.02. The molecule has 0 aliphatic carbocycles. The van der Waals surface area contributed by atoms with Gasteiger partial charge in [-0.05, 0) is 49.1 Å². The summed E-state index contributed by atoms with van der Waals surface area (Å²) in [4.78, 5) is 22.1. The number of hydrogen-bond acceptors (Lipinski definition) is 6. The van der Waals surface area contributed by atoms with Gasteiger partial charge in [-0.3, -0.25) is 4.79 Å². The van der Waals surface area contributed by atoms with Crippen LogP contribution in [0, 0.1) is 5.92 Å². The zero-order chi connectivity index (χ0) is 21.0. The Morgan fingerprint density at radius 1 is 1.06 bits per heavy atom. The lowest BCUT2D eigenvalue weighted by molar-refractivity contribution is -0.0413. The number of ether oxygens (including phenoxy) is 2. The van der Waals surface area contributed by atoms with Crippen LogP contribution in [0.2, 0.25) is 0 Å². The number of aliphatic hydroxyl groups is 1. The van der Waals surface area contributed by atoms with Crippen molar-refractivity contribution >= 4 is 17.4 Å². The van der Waals surface area contributed by atoms with Crippen LogP contribution in [0.4, 0.5) is 5.69 Å². The van der Waals surface area contributed by atoms with E-state index in [9.17, 15) is 9.90 Å². The molecule has 1 atom stereocenters. The molecule has 4 aliphatic heterocycles. The average Bonchev–Trinajstić information content (AvgIpc) is 3.44. The summed E-state index contributed by atoms with van der Waals surface area (Å²) >= 11 is 0. The van der Waals surface area contributed by atoms with E-state index in [0.717, 1.165) is 31.0 Å². The number of aliphatic imine (C=N–C) groups is 1. The Bertz CT molecular complexity index is 1070. The van der Waals surface area contributed by atoms with E-state index in [2.05, 4.69) is 11.0 Å². The Morgan fingerprint density at radius 2 is 1.87 bits per heavy atom. The fraction of sp³-hybridized carbons (Fsp3) is 0.417. The lowest BCUT2D eigenvalue weighted by Crippen LogP contribution is -2.52. The van der Waals surface area contributed by atoms with Gasteiger partial charge in [0, 0.05) is 37.7 Å². The number of hydrogen-bond donors (Lipinski definition) is 1. The van der Waals surface area contributed by atoms with Crippen molar-refractivity contribution in [3.05, 3.63) is 53.6 Å². The van der Waals surface area contributed by atoms with Crippen molar-refractivity contribution in [3.8, 4) is 11.5 Å². The summed E-state index contributed by atoms with van der Waals surface area (Å²) in [5, 5.41) is 11.6. The van der Waals surface area contributed by atoms with Crippen LogP contribution >= 0.6 is 0 Å². The largest absolute Gasteiger partial charge is 0.454 e. The second kappa shape index (κ2) is 6.99. The van der Waals surface area contributed by atoms with E-state index < -0.39 is 5.60 Å². The molecule has 160 valence electrons. The van der Waals surface area contributed by atoms with Gasteiger partial charge in [-0.15, -0.1) is 0 Å². The average molecular weight is 419 g/mol. The van der Waals surface area contributed by atoms with E-state index in [1.165, 1.54) is 5.56 Å². The van der Waals surface area contributed by atoms with Crippen LogP contribution in [0.3, 0.4) is 0 Å². The monoisotopic (exact) mass is 419 g/mol. The molecule has 2 aromatic carbocycles. The number of carbonyl (C=O) groups is 1. The smallest absolute Gasteiger partial charge is 0.253 e. The van der Waals surface area contributed by atoms with Gasteiger partial charge >= 0.3 is 0 Å². The van der Waals surface area contributed by atoms with E-state index in [1.807, 2.05) is 23.1 Å². The molecule has 4 aliphatic rings. The standard InChI is InChI=1S/C24H25N3O4/c28-23(16-5-6-20-21(13-16)31-15-30-20)26-11-8-24(29,9-12-26)18-7-10-27-14-17-3-1-2-4-19(17)25-22(18)27/h1-6,13,18,29H,7-12,14-15H2/t18-/m1/s1. The molecule has 0 unspecified atom stereocenters. The van der Waals surface area contributed by atoms with E-state index in [-0.39, 0.29) is 18.6 Å². The Balaban J connectivity index is 1.18. The molecule has 7 heteroatoms.